The maximum absolute atomic E-state index is 11.5. The molecule has 1 fully saturated rings. The van der Waals surface area contributed by atoms with Crippen molar-refractivity contribution in [1.29, 1.82) is 0 Å². The van der Waals surface area contributed by atoms with Gasteiger partial charge in [0.15, 0.2) is 0 Å². The number of rotatable bonds is 1. The minimum absolute atomic E-state index is 0.146. The SMILES string of the molecule is O=C(O)c1c[nH]c2cccnc2c1=O.O=C1CCC(=O)N1O. The molecule has 1 aliphatic rings. The molecule has 0 aliphatic carbocycles. The molecule has 0 bridgehead atoms. The van der Waals surface area contributed by atoms with Gasteiger partial charge in [0.25, 0.3) is 11.8 Å². The van der Waals surface area contributed by atoms with Gasteiger partial charge in [-0.15, -0.1) is 0 Å². The lowest BCUT2D eigenvalue weighted by molar-refractivity contribution is -0.171. The number of pyridine rings is 2. The largest absolute Gasteiger partial charge is 0.477 e. The molecular formula is C13H11N3O6. The van der Waals surface area contributed by atoms with Crippen LogP contribution in [0.1, 0.15) is 23.2 Å². The van der Waals surface area contributed by atoms with Gasteiger partial charge in [0.1, 0.15) is 11.1 Å². The Morgan fingerprint density at radius 3 is 2.36 bits per heavy atom. The van der Waals surface area contributed by atoms with Crippen LogP contribution in [0.2, 0.25) is 0 Å². The van der Waals surface area contributed by atoms with Crippen LogP contribution in [0.15, 0.2) is 29.3 Å². The number of nitrogens with zero attached hydrogens (tertiary/aromatic N) is 2. The summed E-state index contributed by atoms with van der Waals surface area (Å²) in [5.74, 6) is -2.26. The zero-order valence-electron chi connectivity index (χ0n) is 11.1. The minimum Gasteiger partial charge on any atom is -0.477 e. The van der Waals surface area contributed by atoms with Gasteiger partial charge in [-0.2, -0.15) is 5.06 Å². The zero-order chi connectivity index (χ0) is 16.3. The summed E-state index contributed by atoms with van der Waals surface area (Å²) < 4.78 is 0. The third kappa shape index (κ3) is 2.99. The molecular weight excluding hydrogens is 294 g/mol. The predicted molar refractivity (Wildman–Crippen MR) is 72.2 cm³/mol. The van der Waals surface area contributed by atoms with Gasteiger partial charge in [0.2, 0.25) is 5.43 Å². The molecule has 3 heterocycles. The van der Waals surface area contributed by atoms with Crippen molar-refractivity contribution in [2.24, 2.45) is 0 Å². The number of aromatic carboxylic acids is 1. The van der Waals surface area contributed by atoms with Gasteiger partial charge in [-0.25, -0.2) is 4.79 Å². The van der Waals surface area contributed by atoms with E-state index in [0.29, 0.717) is 5.52 Å². The van der Waals surface area contributed by atoms with Crippen molar-refractivity contribution >= 4 is 28.8 Å². The smallest absolute Gasteiger partial charge is 0.341 e. The molecule has 0 atom stereocenters. The van der Waals surface area contributed by atoms with Crippen molar-refractivity contribution in [1.82, 2.24) is 15.0 Å². The van der Waals surface area contributed by atoms with Crippen molar-refractivity contribution in [3.8, 4) is 0 Å². The third-order valence-corrected chi connectivity index (χ3v) is 2.90. The highest BCUT2D eigenvalue weighted by Crippen LogP contribution is 2.07. The summed E-state index contributed by atoms with van der Waals surface area (Å²) in [5.41, 5.74) is -0.182. The van der Waals surface area contributed by atoms with E-state index in [1.165, 1.54) is 12.4 Å². The first-order chi connectivity index (χ1) is 10.4. The maximum atomic E-state index is 11.5. The summed E-state index contributed by atoms with van der Waals surface area (Å²) in [6, 6.07) is 3.33. The second kappa shape index (κ2) is 6.14. The molecule has 3 N–H and O–H groups in total. The monoisotopic (exact) mass is 305 g/mol. The number of fused-ring (bicyclic) bond motifs is 1. The van der Waals surface area contributed by atoms with Crippen molar-refractivity contribution in [3.05, 3.63) is 40.3 Å². The zero-order valence-corrected chi connectivity index (χ0v) is 11.1. The standard InChI is InChI=1S/C9H6N2O3.C4H5NO3/c12-8-5(9(13)14)4-11-6-2-1-3-10-7(6)8;6-3-1-2-4(7)5(3)8/h1-4H,(H,11,12)(H,13,14);8H,1-2H2. The number of aromatic amines is 1. The summed E-state index contributed by atoms with van der Waals surface area (Å²) in [5, 5.41) is 17.2. The minimum atomic E-state index is -1.25. The van der Waals surface area contributed by atoms with E-state index in [2.05, 4.69) is 9.97 Å². The number of carbonyl (C=O) groups excluding carboxylic acids is 2. The van der Waals surface area contributed by atoms with Crippen LogP contribution in [-0.4, -0.2) is 43.1 Å². The van der Waals surface area contributed by atoms with Gasteiger partial charge >= 0.3 is 5.97 Å². The van der Waals surface area contributed by atoms with E-state index in [4.69, 9.17) is 10.3 Å². The first-order valence-corrected chi connectivity index (χ1v) is 6.16. The molecule has 0 saturated carbocycles. The molecule has 2 amide bonds. The fourth-order valence-electron chi connectivity index (χ4n) is 1.77. The van der Waals surface area contributed by atoms with E-state index in [1.54, 1.807) is 12.1 Å². The lowest BCUT2D eigenvalue weighted by Crippen LogP contribution is -2.24. The molecule has 3 rings (SSSR count). The third-order valence-electron chi connectivity index (χ3n) is 2.90. The maximum Gasteiger partial charge on any atom is 0.341 e. The summed E-state index contributed by atoms with van der Waals surface area (Å²) >= 11 is 0. The number of imide groups is 1. The second-order valence-electron chi connectivity index (χ2n) is 4.34. The highest BCUT2D eigenvalue weighted by Gasteiger charge is 2.26. The predicted octanol–water partition coefficient (Wildman–Crippen LogP) is 0.146. The highest BCUT2D eigenvalue weighted by atomic mass is 16.5. The van der Waals surface area contributed by atoms with E-state index >= 15 is 0 Å². The number of amides is 2. The Morgan fingerprint density at radius 1 is 1.23 bits per heavy atom. The number of hydroxylamine groups is 2. The van der Waals surface area contributed by atoms with Gasteiger partial charge in [0.05, 0.1) is 5.52 Å². The number of hydrogen-bond donors (Lipinski definition) is 3. The van der Waals surface area contributed by atoms with Gasteiger partial charge in [0, 0.05) is 25.2 Å². The molecule has 0 radical (unpaired) electrons. The van der Waals surface area contributed by atoms with Gasteiger partial charge < -0.3 is 10.1 Å². The number of nitrogens with one attached hydrogen (secondary N) is 1. The molecule has 114 valence electrons. The molecule has 2 aromatic heterocycles. The van der Waals surface area contributed by atoms with Crippen LogP contribution in [0.25, 0.3) is 11.0 Å². The molecule has 9 nitrogen and oxygen atoms in total. The van der Waals surface area contributed by atoms with Gasteiger partial charge in [-0.1, -0.05) is 0 Å². The summed E-state index contributed by atoms with van der Waals surface area (Å²) in [7, 11) is 0. The van der Waals surface area contributed by atoms with Crippen LogP contribution >= 0.6 is 0 Å². The fourth-order valence-corrected chi connectivity index (χ4v) is 1.77. The van der Waals surface area contributed by atoms with Crippen LogP contribution in [0, 0.1) is 0 Å². The molecule has 0 aromatic carbocycles. The molecule has 1 aliphatic heterocycles. The number of carboxylic acid groups (broad SMARTS) is 1. The quantitative estimate of drug-likeness (QED) is 0.503. The lowest BCUT2D eigenvalue weighted by Gasteiger charge is -1.98. The second-order valence-corrected chi connectivity index (χ2v) is 4.34. The molecule has 1 saturated heterocycles. The molecule has 2 aromatic rings. The Kier molecular flexibility index (Phi) is 4.28. The average molecular weight is 305 g/mol. The molecule has 22 heavy (non-hydrogen) atoms. The molecule has 0 spiro atoms. The van der Waals surface area contributed by atoms with Crippen LogP contribution < -0.4 is 5.43 Å². The highest BCUT2D eigenvalue weighted by molar-refractivity contribution is 6.00. The number of carboxylic acids is 1. The Bertz CT molecular complexity index is 797. The van der Waals surface area contributed by atoms with Crippen LogP contribution in [0.4, 0.5) is 0 Å². The Balaban J connectivity index is 0.000000188. The first-order valence-electron chi connectivity index (χ1n) is 6.16. The van der Waals surface area contributed by atoms with Crippen LogP contribution in [-0.2, 0) is 9.59 Å². The lowest BCUT2D eigenvalue weighted by atomic mass is 10.2. The Labute approximate surface area is 122 Å². The summed E-state index contributed by atoms with van der Waals surface area (Å²) in [6.45, 7) is 0. The van der Waals surface area contributed by atoms with E-state index < -0.39 is 23.2 Å². The van der Waals surface area contributed by atoms with Crippen molar-refractivity contribution in [2.75, 3.05) is 0 Å². The van der Waals surface area contributed by atoms with Crippen molar-refractivity contribution < 1.29 is 24.7 Å². The van der Waals surface area contributed by atoms with E-state index in [0.717, 1.165) is 0 Å². The summed E-state index contributed by atoms with van der Waals surface area (Å²) in [4.78, 5) is 49.1. The number of carbonyl (C=O) groups is 3. The fraction of sp³-hybridized carbons (Fsp3) is 0.154. The van der Waals surface area contributed by atoms with Crippen molar-refractivity contribution in [2.45, 2.75) is 12.8 Å². The van der Waals surface area contributed by atoms with Gasteiger partial charge in [-0.05, 0) is 12.1 Å². The molecule has 0 unspecified atom stereocenters. The topological polar surface area (TPSA) is 141 Å². The average Bonchev–Trinajstić information content (AvgIpc) is 2.79. The van der Waals surface area contributed by atoms with E-state index in [-0.39, 0.29) is 29.0 Å². The normalized spacial score (nSPS) is 14.0. The van der Waals surface area contributed by atoms with Crippen LogP contribution in [0.5, 0.6) is 0 Å². The van der Waals surface area contributed by atoms with Crippen molar-refractivity contribution in [3.63, 3.8) is 0 Å². The Morgan fingerprint density at radius 2 is 1.86 bits per heavy atom. The number of hydrogen-bond acceptors (Lipinski definition) is 6. The first kappa shape index (κ1) is 15.3. The van der Waals surface area contributed by atoms with Gasteiger partial charge in [-0.3, -0.25) is 24.6 Å². The van der Waals surface area contributed by atoms with E-state index in [9.17, 15) is 19.2 Å². The Hall–Kier alpha value is -3.07. The summed E-state index contributed by atoms with van der Waals surface area (Å²) in [6.07, 6.45) is 2.92. The number of aromatic nitrogens is 2. The molecule has 9 heteroatoms. The van der Waals surface area contributed by atoms with Crippen LogP contribution in [0.3, 0.4) is 0 Å². The van der Waals surface area contributed by atoms with E-state index in [1.807, 2.05) is 0 Å². The number of H-pyrrole nitrogens is 1.